The van der Waals surface area contributed by atoms with Crippen molar-refractivity contribution in [3.05, 3.63) is 35.5 Å². The van der Waals surface area contributed by atoms with Gasteiger partial charge in [-0.1, -0.05) is 25.1 Å². The molecule has 156 valence electrons. The maximum absolute atomic E-state index is 4.84. The lowest BCUT2D eigenvalue weighted by Crippen LogP contribution is -2.39. The molecule has 0 bridgehead atoms. The summed E-state index contributed by atoms with van der Waals surface area (Å²) in [7, 11) is 2.21. The quantitative estimate of drug-likeness (QED) is 0.310. The van der Waals surface area contributed by atoms with Gasteiger partial charge in [0.25, 0.3) is 0 Å². The van der Waals surface area contributed by atoms with Crippen LogP contribution in [0.3, 0.4) is 0 Å². The van der Waals surface area contributed by atoms with E-state index in [9.17, 15) is 0 Å². The highest BCUT2D eigenvalue weighted by molar-refractivity contribution is 14.0. The van der Waals surface area contributed by atoms with Gasteiger partial charge in [0.2, 0.25) is 0 Å². The number of halogens is 1. The third-order valence-corrected chi connectivity index (χ3v) is 5.53. The van der Waals surface area contributed by atoms with E-state index in [1.54, 1.807) is 0 Å². The van der Waals surface area contributed by atoms with E-state index in [-0.39, 0.29) is 24.0 Å². The molecule has 0 saturated carbocycles. The summed E-state index contributed by atoms with van der Waals surface area (Å²) in [5.74, 6) is 1.63. The van der Waals surface area contributed by atoms with Crippen LogP contribution in [0.25, 0.3) is 10.9 Å². The Kier molecular flexibility index (Phi) is 9.58. The van der Waals surface area contributed by atoms with Crippen LogP contribution in [-0.4, -0.2) is 55.6 Å². The lowest BCUT2D eigenvalue weighted by molar-refractivity contribution is 0.214. The second-order valence-corrected chi connectivity index (χ2v) is 7.67. The molecule has 2 heterocycles. The highest BCUT2D eigenvalue weighted by Crippen LogP contribution is 2.22. The predicted octanol–water partition coefficient (Wildman–Crippen LogP) is 3.79. The highest BCUT2D eigenvalue weighted by atomic mass is 127. The molecule has 0 spiro atoms. The first kappa shape index (κ1) is 23.0. The van der Waals surface area contributed by atoms with Crippen molar-refractivity contribution < 1.29 is 0 Å². The van der Waals surface area contributed by atoms with Crippen molar-refractivity contribution in [3.8, 4) is 0 Å². The van der Waals surface area contributed by atoms with Crippen LogP contribution in [0.15, 0.2) is 29.4 Å². The minimum atomic E-state index is 0. The summed E-state index contributed by atoms with van der Waals surface area (Å²) in [5.41, 5.74) is 4.05. The van der Waals surface area contributed by atoms with E-state index in [2.05, 4.69) is 65.8 Å². The first-order chi connectivity index (χ1) is 13.2. The zero-order valence-corrected chi connectivity index (χ0v) is 19.9. The van der Waals surface area contributed by atoms with Crippen molar-refractivity contribution in [1.82, 2.24) is 20.5 Å². The second kappa shape index (κ2) is 11.7. The number of aliphatic imine (C=N–C) groups is 1. The molecule has 1 atom stereocenters. The summed E-state index contributed by atoms with van der Waals surface area (Å²) in [6, 6.07) is 6.59. The summed E-state index contributed by atoms with van der Waals surface area (Å²) in [6.45, 7) is 9.41. The van der Waals surface area contributed by atoms with Crippen LogP contribution >= 0.6 is 24.0 Å². The molecule has 28 heavy (non-hydrogen) atoms. The Bertz CT molecular complexity index is 754. The summed E-state index contributed by atoms with van der Waals surface area (Å²) < 4.78 is 0. The van der Waals surface area contributed by atoms with Crippen molar-refractivity contribution >= 4 is 40.8 Å². The summed E-state index contributed by atoms with van der Waals surface area (Å²) in [4.78, 5) is 10.7. The molecule has 1 saturated heterocycles. The molecule has 1 unspecified atom stereocenters. The molecule has 3 rings (SSSR count). The standard InChI is InChI=1S/C22H35N5.HI/c1-4-18-9-6-10-20-19(15-25-21(18)20)11-12-24-22(23-5-2)26-14-17-8-7-13-27(3)16-17;/h6,9-10,15,17,25H,4-5,7-8,11-14,16H2,1-3H3,(H2,23,24,26);1H. The van der Waals surface area contributed by atoms with E-state index >= 15 is 0 Å². The number of nitrogens with zero attached hydrogens (tertiary/aromatic N) is 2. The number of aromatic amines is 1. The first-order valence-electron chi connectivity index (χ1n) is 10.5. The third kappa shape index (κ3) is 6.11. The maximum Gasteiger partial charge on any atom is 0.191 e. The number of aromatic nitrogens is 1. The molecule has 6 heteroatoms. The zero-order valence-electron chi connectivity index (χ0n) is 17.6. The Morgan fingerprint density at radius 3 is 2.86 bits per heavy atom. The van der Waals surface area contributed by atoms with Crippen molar-refractivity contribution in [2.24, 2.45) is 10.9 Å². The second-order valence-electron chi connectivity index (χ2n) is 7.67. The average molecular weight is 497 g/mol. The summed E-state index contributed by atoms with van der Waals surface area (Å²) in [5, 5.41) is 8.25. The molecule has 5 nitrogen and oxygen atoms in total. The number of rotatable bonds is 7. The molecular formula is C22H36IN5. The van der Waals surface area contributed by atoms with Gasteiger partial charge >= 0.3 is 0 Å². The van der Waals surface area contributed by atoms with E-state index in [0.29, 0.717) is 5.92 Å². The smallest absolute Gasteiger partial charge is 0.191 e. The molecule has 2 aromatic rings. The molecule has 0 aliphatic carbocycles. The number of hydrogen-bond acceptors (Lipinski definition) is 2. The third-order valence-electron chi connectivity index (χ3n) is 5.53. The Morgan fingerprint density at radius 2 is 2.11 bits per heavy atom. The van der Waals surface area contributed by atoms with E-state index < -0.39 is 0 Å². The highest BCUT2D eigenvalue weighted by Gasteiger charge is 2.16. The summed E-state index contributed by atoms with van der Waals surface area (Å²) in [6.07, 6.45) is 6.80. The number of benzene rings is 1. The number of guanidine groups is 1. The maximum atomic E-state index is 4.84. The molecule has 1 aliphatic heterocycles. The normalized spacial score (nSPS) is 18.1. The fourth-order valence-corrected chi connectivity index (χ4v) is 4.08. The minimum Gasteiger partial charge on any atom is -0.361 e. The fourth-order valence-electron chi connectivity index (χ4n) is 4.08. The van der Waals surface area contributed by atoms with Crippen LogP contribution in [0.4, 0.5) is 0 Å². The van der Waals surface area contributed by atoms with Gasteiger partial charge < -0.3 is 20.5 Å². The Balaban J connectivity index is 0.00000280. The number of H-pyrrole nitrogens is 1. The van der Waals surface area contributed by atoms with E-state index in [1.807, 2.05) is 0 Å². The summed E-state index contributed by atoms with van der Waals surface area (Å²) >= 11 is 0. The number of nitrogens with one attached hydrogen (secondary N) is 3. The molecule has 1 aromatic heterocycles. The topological polar surface area (TPSA) is 55.5 Å². The van der Waals surface area contributed by atoms with Crippen molar-refractivity contribution in [2.45, 2.75) is 39.5 Å². The van der Waals surface area contributed by atoms with Gasteiger partial charge in [0.05, 0.1) is 0 Å². The van der Waals surface area contributed by atoms with Crippen molar-refractivity contribution in [2.75, 3.05) is 39.8 Å². The fraction of sp³-hybridized carbons (Fsp3) is 0.591. The Labute approximate surface area is 186 Å². The molecule has 0 amide bonds. The average Bonchev–Trinajstić information content (AvgIpc) is 3.09. The lowest BCUT2D eigenvalue weighted by Gasteiger charge is -2.28. The van der Waals surface area contributed by atoms with Gasteiger partial charge in [-0.25, -0.2) is 0 Å². The number of fused-ring (bicyclic) bond motifs is 1. The number of piperidine rings is 1. The van der Waals surface area contributed by atoms with Crippen LogP contribution in [0.1, 0.15) is 37.8 Å². The molecular weight excluding hydrogens is 461 g/mol. The van der Waals surface area contributed by atoms with Crippen LogP contribution in [0.2, 0.25) is 0 Å². The van der Waals surface area contributed by atoms with Gasteiger partial charge in [-0.05, 0) is 63.2 Å². The van der Waals surface area contributed by atoms with Crippen LogP contribution in [0.5, 0.6) is 0 Å². The number of aryl methyl sites for hydroxylation is 1. The minimum absolute atomic E-state index is 0. The molecule has 1 fully saturated rings. The van der Waals surface area contributed by atoms with Crippen LogP contribution in [0, 0.1) is 5.92 Å². The lowest BCUT2D eigenvalue weighted by atomic mass is 9.99. The zero-order chi connectivity index (χ0) is 19.1. The van der Waals surface area contributed by atoms with Gasteiger partial charge in [0.15, 0.2) is 5.96 Å². The van der Waals surface area contributed by atoms with Crippen LogP contribution < -0.4 is 10.6 Å². The van der Waals surface area contributed by atoms with E-state index in [0.717, 1.165) is 45.0 Å². The van der Waals surface area contributed by atoms with E-state index in [4.69, 9.17) is 4.99 Å². The molecule has 3 N–H and O–H groups in total. The number of hydrogen-bond donors (Lipinski definition) is 3. The van der Waals surface area contributed by atoms with Crippen molar-refractivity contribution in [3.63, 3.8) is 0 Å². The number of para-hydroxylation sites is 1. The van der Waals surface area contributed by atoms with Gasteiger partial charge in [0, 0.05) is 43.3 Å². The van der Waals surface area contributed by atoms with E-state index in [1.165, 1.54) is 41.4 Å². The largest absolute Gasteiger partial charge is 0.361 e. The Morgan fingerprint density at radius 1 is 1.25 bits per heavy atom. The monoisotopic (exact) mass is 497 g/mol. The van der Waals surface area contributed by atoms with Gasteiger partial charge in [-0.3, -0.25) is 4.99 Å². The molecule has 0 radical (unpaired) electrons. The van der Waals surface area contributed by atoms with Gasteiger partial charge in [0.1, 0.15) is 0 Å². The van der Waals surface area contributed by atoms with Crippen LogP contribution in [-0.2, 0) is 12.8 Å². The molecule has 1 aliphatic rings. The Hall–Kier alpha value is -1.28. The molecule has 1 aromatic carbocycles. The predicted molar refractivity (Wildman–Crippen MR) is 131 cm³/mol. The van der Waals surface area contributed by atoms with Gasteiger partial charge in [-0.15, -0.1) is 24.0 Å². The SMILES string of the molecule is CCNC(=NCC1CCCN(C)C1)NCCc1c[nH]c2c(CC)cccc12.I. The van der Waals surface area contributed by atoms with Crippen molar-refractivity contribution in [1.29, 1.82) is 0 Å². The first-order valence-corrected chi connectivity index (χ1v) is 10.5. The van der Waals surface area contributed by atoms with Gasteiger partial charge in [-0.2, -0.15) is 0 Å². The number of likely N-dealkylation sites (tertiary alicyclic amines) is 1.